The molecule has 0 aliphatic carbocycles. The third-order valence-corrected chi connectivity index (χ3v) is 1.58. The van der Waals surface area contributed by atoms with Crippen molar-refractivity contribution >= 4 is 11.5 Å². The summed E-state index contributed by atoms with van der Waals surface area (Å²) in [6.45, 7) is 1.26. The van der Waals surface area contributed by atoms with Crippen molar-refractivity contribution in [3.8, 4) is 5.75 Å². The van der Waals surface area contributed by atoms with E-state index in [9.17, 15) is 14.9 Å². The summed E-state index contributed by atoms with van der Waals surface area (Å²) in [4.78, 5) is 25.4. The van der Waals surface area contributed by atoms with Gasteiger partial charge >= 0.3 is 0 Å². The molecular formula is C8H8N2O4. The molecule has 0 unspecified atom stereocenters. The zero-order valence-electron chi connectivity index (χ0n) is 7.39. The van der Waals surface area contributed by atoms with Crippen LogP contribution in [0.5, 0.6) is 5.75 Å². The number of nitrogen functional groups attached to an aromatic ring is 1. The van der Waals surface area contributed by atoms with Crippen LogP contribution in [0.25, 0.3) is 0 Å². The average Bonchev–Trinajstić information content (AvgIpc) is 2.01. The lowest BCUT2D eigenvalue weighted by molar-refractivity contribution is -0.711. The van der Waals surface area contributed by atoms with Crippen LogP contribution in [0.15, 0.2) is 18.2 Å². The van der Waals surface area contributed by atoms with Gasteiger partial charge in [0.1, 0.15) is 5.75 Å². The Balaban J connectivity index is 3.21. The minimum absolute atomic E-state index is 0.0317. The Morgan fingerprint density at radius 3 is 2.71 bits per heavy atom. The molecule has 74 valence electrons. The van der Waals surface area contributed by atoms with Gasteiger partial charge in [-0.25, -0.2) is 0 Å². The molecular weight excluding hydrogens is 188 g/mol. The Morgan fingerprint density at radius 1 is 1.57 bits per heavy atom. The fraction of sp³-hybridized carbons (Fsp3) is 0.125. The van der Waals surface area contributed by atoms with Crippen LogP contribution in [0.3, 0.4) is 0 Å². The molecule has 0 amide bonds. The van der Waals surface area contributed by atoms with E-state index < -0.39 is 5.09 Å². The van der Waals surface area contributed by atoms with Crippen LogP contribution in [0, 0.1) is 10.1 Å². The second-order valence-corrected chi connectivity index (χ2v) is 2.59. The highest BCUT2D eigenvalue weighted by molar-refractivity contribution is 6.01. The number of nitrogens with zero attached hydrogens (tertiary/aromatic N) is 1. The topological polar surface area (TPSA) is 95.5 Å². The number of rotatable bonds is 3. The van der Waals surface area contributed by atoms with Gasteiger partial charge in [0.2, 0.25) is 0 Å². The molecule has 0 spiro atoms. The van der Waals surface area contributed by atoms with Gasteiger partial charge in [0.15, 0.2) is 5.78 Å². The molecule has 0 bridgehead atoms. The Bertz CT molecular complexity index is 389. The molecule has 0 saturated carbocycles. The molecule has 1 aromatic carbocycles. The lowest BCUT2D eigenvalue weighted by Crippen LogP contribution is -2.09. The normalized spacial score (nSPS) is 9.50. The van der Waals surface area contributed by atoms with Crippen molar-refractivity contribution in [2.75, 3.05) is 5.73 Å². The molecule has 0 fully saturated rings. The molecule has 6 heteroatoms. The van der Waals surface area contributed by atoms with E-state index >= 15 is 0 Å². The number of carbonyl (C=O) groups excluding carboxylic acids is 1. The molecule has 0 aliphatic heterocycles. The Kier molecular flexibility index (Phi) is 2.66. The summed E-state index contributed by atoms with van der Waals surface area (Å²) < 4.78 is 0. The van der Waals surface area contributed by atoms with Gasteiger partial charge in [-0.2, -0.15) is 0 Å². The maximum Gasteiger partial charge on any atom is 0.299 e. The van der Waals surface area contributed by atoms with Crippen LogP contribution in [0.1, 0.15) is 17.3 Å². The summed E-state index contributed by atoms with van der Waals surface area (Å²) in [5.41, 5.74) is 5.67. The van der Waals surface area contributed by atoms with Crippen molar-refractivity contribution in [1.29, 1.82) is 0 Å². The maximum atomic E-state index is 11.1. The largest absolute Gasteiger partial charge is 0.398 e. The van der Waals surface area contributed by atoms with Crippen molar-refractivity contribution < 1.29 is 14.7 Å². The van der Waals surface area contributed by atoms with Gasteiger partial charge < -0.3 is 5.73 Å². The zero-order chi connectivity index (χ0) is 10.7. The summed E-state index contributed by atoms with van der Waals surface area (Å²) in [7, 11) is 0. The summed E-state index contributed by atoms with van der Waals surface area (Å²) in [5, 5.41) is 9.10. The number of Topliss-reactive ketones (excluding diaryl/α,β-unsaturated/α-hetero) is 1. The van der Waals surface area contributed by atoms with Crippen LogP contribution in [0.2, 0.25) is 0 Å². The molecule has 14 heavy (non-hydrogen) atoms. The number of benzene rings is 1. The molecule has 1 rings (SSSR count). The SMILES string of the molecule is CC(=O)c1c(N)cccc1O[N+](=O)[O-]. The standard InChI is InChI=1S/C8H8N2O4/c1-5(11)8-6(9)3-2-4-7(8)14-10(12)13/h2-4H,9H2,1H3. The Hall–Kier alpha value is -2.11. The number of hydrogen-bond acceptors (Lipinski definition) is 5. The van der Waals surface area contributed by atoms with E-state index in [4.69, 9.17) is 5.73 Å². The summed E-state index contributed by atoms with van der Waals surface area (Å²) >= 11 is 0. The fourth-order valence-electron chi connectivity index (χ4n) is 1.08. The minimum Gasteiger partial charge on any atom is -0.398 e. The molecule has 0 aromatic heterocycles. The molecule has 0 heterocycles. The molecule has 0 aliphatic rings. The van der Waals surface area contributed by atoms with Gasteiger partial charge in [-0.05, 0) is 19.1 Å². The van der Waals surface area contributed by atoms with E-state index in [0.717, 1.165) is 0 Å². The van der Waals surface area contributed by atoms with Crippen LogP contribution in [-0.4, -0.2) is 10.9 Å². The maximum absolute atomic E-state index is 11.1. The molecule has 2 N–H and O–H groups in total. The van der Waals surface area contributed by atoms with Crippen LogP contribution in [-0.2, 0) is 0 Å². The van der Waals surface area contributed by atoms with Crippen molar-refractivity contribution in [2.24, 2.45) is 0 Å². The quantitative estimate of drug-likeness (QED) is 0.337. The smallest absolute Gasteiger partial charge is 0.299 e. The first kappa shape index (κ1) is 9.97. The monoisotopic (exact) mass is 196 g/mol. The van der Waals surface area contributed by atoms with E-state index in [1.165, 1.54) is 25.1 Å². The number of nitrogens with two attached hydrogens (primary N) is 1. The van der Waals surface area contributed by atoms with Gasteiger partial charge in [-0.1, -0.05) is 6.07 Å². The van der Waals surface area contributed by atoms with Gasteiger partial charge in [-0.15, -0.1) is 10.1 Å². The van der Waals surface area contributed by atoms with Crippen molar-refractivity contribution in [3.05, 3.63) is 33.9 Å². The predicted octanol–water partition coefficient (Wildman–Crippen LogP) is 1.04. The number of carbonyl (C=O) groups is 1. The lowest BCUT2D eigenvalue weighted by atomic mass is 10.1. The van der Waals surface area contributed by atoms with E-state index in [0.29, 0.717) is 0 Å². The number of ketones is 1. The van der Waals surface area contributed by atoms with Crippen LogP contribution < -0.4 is 10.6 Å². The number of anilines is 1. The van der Waals surface area contributed by atoms with Gasteiger partial charge in [0.05, 0.1) is 5.56 Å². The first-order valence-electron chi connectivity index (χ1n) is 3.74. The molecule has 0 atom stereocenters. The van der Waals surface area contributed by atoms with Crippen molar-refractivity contribution in [3.63, 3.8) is 0 Å². The summed E-state index contributed by atoms with van der Waals surface area (Å²) in [6.07, 6.45) is 0. The highest BCUT2D eigenvalue weighted by atomic mass is 17.0. The van der Waals surface area contributed by atoms with Crippen LogP contribution >= 0.6 is 0 Å². The summed E-state index contributed by atoms with van der Waals surface area (Å²) in [6, 6.07) is 4.26. The van der Waals surface area contributed by atoms with Gasteiger partial charge in [0, 0.05) is 5.69 Å². The first-order valence-corrected chi connectivity index (χ1v) is 3.74. The zero-order valence-corrected chi connectivity index (χ0v) is 7.39. The van der Waals surface area contributed by atoms with E-state index in [1.54, 1.807) is 0 Å². The van der Waals surface area contributed by atoms with Crippen molar-refractivity contribution in [2.45, 2.75) is 6.92 Å². The molecule has 1 aromatic rings. The molecule has 0 radical (unpaired) electrons. The van der Waals surface area contributed by atoms with E-state index in [1.807, 2.05) is 0 Å². The van der Waals surface area contributed by atoms with E-state index in [-0.39, 0.29) is 22.8 Å². The highest BCUT2D eigenvalue weighted by Crippen LogP contribution is 2.24. The van der Waals surface area contributed by atoms with Gasteiger partial charge in [-0.3, -0.25) is 9.63 Å². The second-order valence-electron chi connectivity index (χ2n) is 2.59. The van der Waals surface area contributed by atoms with Crippen molar-refractivity contribution in [1.82, 2.24) is 0 Å². The van der Waals surface area contributed by atoms with Crippen LogP contribution in [0.4, 0.5) is 5.69 Å². The third-order valence-electron chi connectivity index (χ3n) is 1.58. The third kappa shape index (κ3) is 1.98. The average molecular weight is 196 g/mol. The van der Waals surface area contributed by atoms with Gasteiger partial charge in [0.25, 0.3) is 5.09 Å². The second kappa shape index (κ2) is 3.73. The predicted molar refractivity (Wildman–Crippen MR) is 48.5 cm³/mol. The molecule has 0 saturated heterocycles. The minimum atomic E-state index is -0.985. The lowest BCUT2D eigenvalue weighted by Gasteiger charge is -2.06. The van der Waals surface area contributed by atoms with E-state index in [2.05, 4.69) is 4.84 Å². The first-order chi connectivity index (χ1) is 6.52. The number of hydrogen-bond donors (Lipinski definition) is 1. The fourth-order valence-corrected chi connectivity index (χ4v) is 1.08. The Labute approximate surface area is 79.4 Å². The molecule has 6 nitrogen and oxygen atoms in total. The highest BCUT2D eigenvalue weighted by Gasteiger charge is 2.13. The summed E-state index contributed by atoms with van der Waals surface area (Å²) in [5.74, 6) is -0.512. The Morgan fingerprint density at radius 2 is 2.21 bits per heavy atom.